The number of likely N-dealkylation sites (tertiary alicyclic amines) is 2. The van der Waals surface area contributed by atoms with Crippen LogP contribution in [0, 0.1) is 28.1 Å². The summed E-state index contributed by atoms with van der Waals surface area (Å²) in [5.74, 6) is -7.34. The first-order valence-electron chi connectivity index (χ1n) is 40.9. The Kier molecular flexibility index (Phi) is 27.4. The number of aromatic nitrogens is 6. The van der Waals surface area contributed by atoms with Gasteiger partial charge in [-0.25, -0.2) is 9.59 Å². The Morgan fingerprint density at radius 1 is 0.492 bits per heavy atom. The molecule has 16 rings (SSSR count). The molecule has 40 heteroatoms. The number of hydrogen-bond acceptors (Lipinski definition) is 26. The summed E-state index contributed by atoms with van der Waals surface area (Å²) in [7, 11) is 0. The molecule has 0 spiro atoms. The van der Waals surface area contributed by atoms with E-state index in [-0.39, 0.29) is 133 Å². The summed E-state index contributed by atoms with van der Waals surface area (Å²) in [6, 6.07) is 16.2. The number of carbonyl (C=O) groups excluding carboxylic acids is 14. The third kappa shape index (κ3) is 19.2. The second-order valence-corrected chi connectivity index (χ2v) is 34.5. The van der Waals surface area contributed by atoms with Crippen molar-refractivity contribution < 1.29 is 86.5 Å². The lowest BCUT2D eigenvalue weighted by Gasteiger charge is -2.33. The van der Waals surface area contributed by atoms with Gasteiger partial charge in [-0.2, -0.15) is 25.8 Å². The van der Waals surface area contributed by atoms with Crippen molar-refractivity contribution in [2.75, 3.05) is 55.2 Å². The summed E-state index contributed by atoms with van der Waals surface area (Å²) in [5.41, 5.74) is 3.91. The number of halogens is 2. The van der Waals surface area contributed by atoms with E-state index in [1.54, 1.807) is 93.2 Å². The summed E-state index contributed by atoms with van der Waals surface area (Å²) in [5, 5.41) is 61.1. The normalized spacial score (nSPS) is 20.2. The standard InChI is InChI=1S/C28H31N7O6.C27H31BrN6O6.C23H23N7O4.C6H10O2.ClH/c1-28(2,3)41-27(40)33-11-9-17(10-12-33)35-21(13-29)16(15-31-35)14-30-19-6-4-5-18-23(19)26(39)34(25(18)38)20-7-8-22(36)32-24(20)37;1-27(2,3)40-26(39)32-11-9-16(10-12-32)34-22(28)15(14-30-34)13-29-18-6-4-5-17-21(18)25(38)33(24(17)37)19-7-8-20(35)31-23(19)36;24-10-18-13(12-27-30(18)14-6-8-25-9-7-14)11-26-16-3-1-2-15-20(16)23(34)29(22(15)33)17-4-5-19(31)28-21(17)32;1-6(5(7)8)3-2-4-6;/h4-6,15,17,20,30H,7-12,14H2,1-3H3,(H,32,36,37);4-6,14,16,19,29H,7-13H2,1-3H3,(H,31,35,36);1-3,12,14,17,25-26H,4-9,11H2,(H,28,31,32);2-4H2,1H3,(H,7,8);1H. The third-order valence-corrected chi connectivity index (χ3v) is 24.0. The van der Waals surface area contributed by atoms with Crippen LogP contribution in [0.2, 0.25) is 0 Å². The van der Waals surface area contributed by atoms with Gasteiger partial charge >= 0.3 is 18.2 Å². The first-order chi connectivity index (χ1) is 58.6. The van der Waals surface area contributed by atoms with Crippen molar-refractivity contribution in [3.05, 3.63) is 139 Å². The number of carbonyl (C=O) groups is 15. The van der Waals surface area contributed by atoms with E-state index >= 15 is 0 Å². The molecule has 6 saturated heterocycles. The number of fused-ring (bicyclic) bond motifs is 3. The topological polar surface area (TPSA) is 496 Å². The highest BCUT2D eigenvalue weighted by atomic mass is 79.9. The number of piperidine rings is 6. The van der Waals surface area contributed by atoms with E-state index < -0.39 is 106 Å². The number of amides is 14. The molecule has 7 fully saturated rings. The minimum atomic E-state index is -1.06. The van der Waals surface area contributed by atoms with Crippen molar-refractivity contribution in [2.24, 2.45) is 5.41 Å². The Morgan fingerprint density at radius 2 is 0.815 bits per heavy atom. The Morgan fingerprint density at radius 3 is 1.12 bits per heavy atom. The fourth-order valence-corrected chi connectivity index (χ4v) is 17.0. The molecule has 3 unspecified atom stereocenters. The first-order valence-corrected chi connectivity index (χ1v) is 41.7. The zero-order valence-electron chi connectivity index (χ0n) is 69.4. The first kappa shape index (κ1) is 90.5. The highest BCUT2D eigenvalue weighted by molar-refractivity contribution is 9.10. The summed E-state index contributed by atoms with van der Waals surface area (Å²) < 4.78 is 17.1. The Bertz CT molecular complexity index is 5390. The number of aliphatic carboxylic acids is 1. The van der Waals surface area contributed by atoms with Crippen LogP contribution in [0.25, 0.3) is 0 Å². The molecule has 1 saturated carbocycles. The van der Waals surface area contributed by atoms with Crippen molar-refractivity contribution in [2.45, 2.75) is 212 Å². The summed E-state index contributed by atoms with van der Waals surface area (Å²) in [4.78, 5) is 192. The zero-order valence-corrected chi connectivity index (χ0v) is 71.8. The Balaban J connectivity index is 0.000000162. The molecule has 12 heterocycles. The SMILES string of the molecule is CC(C)(C)OC(=O)N1CCC(n2ncc(CNc3cccc4c3C(=O)N(C3CCC(=O)NC3=O)C4=O)c2Br)CC1.CC(C)(C)OC(=O)N1CCC(n2ncc(CNc3cccc4c3C(=O)N(C3CCC(=O)NC3=O)C4=O)c2C#N)CC1.CC1(C(=O)O)CCC1.Cl.N#Cc1c(CNc2cccc3c2C(=O)N(C2CCC(=O)NC2=O)C3=O)cnn1C1CCNCC1. The predicted octanol–water partition coefficient (Wildman–Crippen LogP) is 7.95. The van der Waals surface area contributed by atoms with E-state index in [4.69, 9.17) is 14.6 Å². The highest BCUT2D eigenvalue weighted by Crippen LogP contribution is 2.41. The van der Waals surface area contributed by atoms with E-state index in [2.05, 4.69) is 80.6 Å². The molecule has 3 aromatic carbocycles. The molecule has 654 valence electrons. The van der Waals surface area contributed by atoms with Gasteiger partial charge in [0.2, 0.25) is 35.4 Å². The van der Waals surface area contributed by atoms with E-state index in [0.29, 0.717) is 85.1 Å². The van der Waals surface area contributed by atoms with Gasteiger partial charge in [0.05, 0.1) is 75.5 Å². The molecular weight excluding hydrogens is 1690 g/mol. The lowest BCUT2D eigenvalue weighted by atomic mass is 9.71. The van der Waals surface area contributed by atoms with Crippen LogP contribution in [0.15, 0.2) is 77.8 Å². The van der Waals surface area contributed by atoms with Crippen LogP contribution in [0.4, 0.5) is 26.7 Å². The number of hydrogen-bond donors (Lipinski definition) is 8. The maximum Gasteiger partial charge on any atom is 0.410 e. The molecule has 0 radical (unpaired) electrons. The van der Waals surface area contributed by atoms with Crippen LogP contribution in [0.1, 0.15) is 253 Å². The largest absolute Gasteiger partial charge is 0.481 e. The molecular formula is C84H96BrClN20O18. The van der Waals surface area contributed by atoms with Gasteiger partial charge in [-0.15, -0.1) is 12.4 Å². The smallest absolute Gasteiger partial charge is 0.410 e. The van der Waals surface area contributed by atoms with Gasteiger partial charge in [0, 0.05) is 98.8 Å². The lowest BCUT2D eigenvalue weighted by Crippen LogP contribution is -2.54. The quantitative estimate of drug-likeness (QED) is 0.0426. The average Bonchev–Trinajstić information content (AvgIpc) is 1.61. The van der Waals surface area contributed by atoms with Crippen LogP contribution in [0.5, 0.6) is 0 Å². The number of anilines is 3. The van der Waals surface area contributed by atoms with E-state index in [9.17, 15) is 82.4 Å². The molecule has 3 atom stereocenters. The maximum atomic E-state index is 13.3. The van der Waals surface area contributed by atoms with Crippen molar-refractivity contribution >= 4 is 134 Å². The molecule has 10 aliphatic rings. The molecule has 6 aromatic rings. The molecule has 0 bridgehead atoms. The van der Waals surface area contributed by atoms with Crippen molar-refractivity contribution in [1.29, 1.82) is 10.5 Å². The zero-order chi connectivity index (χ0) is 88.3. The number of carboxylic acid groups (broad SMARTS) is 1. The molecule has 38 nitrogen and oxygen atoms in total. The summed E-state index contributed by atoms with van der Waals surface area (Å²) in [6.45, 7) is 17.4. The summed E-state index contributed by atoms with van der Waals surface area (Å²) >= 11 is 3.66. The molecule has 124 heavy (non-hydrogen) atoms. The van der Waals surface area contributed by atoms with Crippen LogP contribution in [-0.4, -0.2) is 217 Å². The van der Waals surface area contributed by atoms with E-state index in [1.807, 2.05) is 46.2 Å². The van der Waals surface area contributed by atoms with Crippen LogP contribution in [0.3, 0.4) is 0 Å². The van der Waals surface area contributed by atoms with Gasteiger partial charge in [-0.3, -0.25) is 107 Å². The second-order valence-electron chi connectivity index (χ2n) is 33.7. The number of nitrogens with one attached hydrogen (secondary N) is 7. The van der Waals surface area contributed by atoms with Crippen molar-refractivity contribution in [3.8, 4) is 12.1 Å². The molecule has 8 N–H and O–H groups in total. The fourth-order valence-electron chi connectivity index (χ4n) is 16.4. The van der Waals surface area contributed by atoms with Crippen LogP contribution in [-0.2, 0) is 62.7 Å². The Hall–Kier alpha value is -12.8. The number of imide groups is 6. The van der Waals surface area contributed by atoms with Crippen LogP contribution < -0.4 is 37.2 Å². The third-order valence-electron chi connectivity index (χ3n) is 23.1. The fraction of sp³-hybridized carbons (Fsp3) is 0.476. The number of benzene rings is 3. The monoisotopic (exact) mass is 1790 g/mol. The van der Waals surface area contributed by atoms with Crippen LogP contribution >= 0.6 is 28.3 Å². The van der Waals surface area contributed by atoms with Gasteiger partial charge < -0.3 is 45.6 Å². The van der Waals surface area contributed by atoms with Gasteiger partial charge in [-0.1, -0.05) is 24.6 Å². The van der Waals surface area contributed by atoms with Crippen molar-refractivity contribution in [1.82, 2.24) is 75.1 Å². The molecule has 9 aliphatic heterocycles. The minimum Gasteiger partial charge on any atom is -0.481 e. The Labute approximate surface area is 726 Å². The number of nitrogens with zero attached hydrogens (tertiary/aromatic N) is 13. The summed E-state index contributed by atoms with van der Waals surface area (Å²) in [6.07, 6.45) is 12.0. The van der Waals surface area contributed by atoms with Crippen molar-refractivity contribution in [3.63, 3.8) is 0 Å². The lowest BCUT2D eigenvalue weighted by molar-refractivity contribution is -0.153. The van der Waals surface area contributed by atoms with Gasteiger partial charge in [0.1, 0.15) is 57.5 Å². The number of rotatable bonds is 16. The number of carboxylic acids is 1. The van der Waals surface area contributed by atoms with Gasteiger partial charge in [0.25, 0.3) is 35.4 Å². The van der Waals surface area contributed by atoms with E-state index in [1.165, 1.54) is 6.07 Å². The number of nitriles is 2. The predicted molar refractivity (Wildman–Crippen MR) is 445 cm³/mol. The van der Waals surface area contributed by atoms with Gasteiger partial charge in [-0.05, 0) is 185 Å². The van der Waals surface area contributed by atoms with Gasteiger partial charge in [0.15, 0.2) is 0 Å². The van der Waals surface area contributed by atoms with E-state index in [0.717, 1.165) is 82.9 Å². The average molecular weight is 1790 g/mol. The highest BCUT2D eigenvalue weighted by Gasteiger charge is 2.50. The molecule has 1 aliphatic carbocycles. The molecule has 3 aromatic heterocycles. The second kappa shape index (κ2) is 37.5. The minimum absolute atomic E-state index is 0. The molecule has 14 amide bonds. The maximum absolute atomic E-state index is 13.3. The number of ether oxygens (including phenoxy) is 2.